The number of carbonyl (C=O) groups excluding carboxylic acids is 1. The fraction of sp³-hybridized carbons (Fsp3) is 0.368. The van der Waals surface area contributed by atoms with Crippen molar-refractivity contribution >= 4 is 15.8 Å². The van der Waals surface area contributed by atoms with E-state index in [1.807, 2.05) is 12.1 Å². The van der Waals surface area contributed by atoms with Crippen LogP contribution in [-0.2, 0) is 32.2 Å². The van der Waals surface area contributed by atoms with Gasteiger partial charge < -0.3 is 4.74 Å². The summed E-state index contributed by atoms with van der Waals surface area (Å²) in [4.78, 5) is 18.9. The third-order valence-electron chi connectivity index (χ3n) is 4.73. The molecule has 0 radical (unpaired) electrons. The van der Waals surface area contributed by atoms with Gasteiger partial charge in [0, 0.05) is 31.7 Å². The zero-order chi connectivity index (χ0) is 18.7. The summed E-state index contributed by atoms with van der Waals surface area (Å²) in [7, 11) is -1.85. The van der Waals surface area contributed by atoms with Crippen molar-refractivity contribution in [3.63, 3.8) is 0 Å². The number of hydrogen-bond donors (Lipinski definition) is 0. The monoisotopic (exact) mass is 374 g/mol. The van der Waals surface area contributed by atoms with Crippen LogP contribution in [0.3, 0.4) is 0 Å². The van der Waals surface area contributed by atoms with E-state index in [0.29, 0.717) is 24.4 Å². The molecule has 1 atom stereocenters. The summed E-state index contributed by atoms with van der Waals surface area (Å²) in [6.45, 7) is 1.31. The Hall–Kier alpha value is -2.25. The normalized spacial score (nSPS) is 16.4. The van der Waals surface area contributed by atoms with E-state index < -0.39 is 15.9 Å². The Morgan fingerprint density at radius 2 is 1.92 bits per heavy atom. The highest BCUT2D eigenvalue weighted by Gasteiger charge is 2.30. The molecule has 1 aromatic carbocycles. The molecule has 0 saturated heterocycles. The van der Waals surface area contributed by atoms with Gasteiger partial charge in [0.2, 0.25) is 0 Å². The van der Waals surface area contributed by atoms with Crippen molar-refractivity contribution in [2.75, 3.05) is 26.5 Å². The minimum Gasteiger partial charge on any atom is -0.468 e. The van der Waals surface area contributed by atoms with Crippen LogP contribution in [0, 0.1) is 0 Å². The zero-order valence-electron chi connectivity index (χ0n) is 14.9. The summed E-state index contributed by atoms with van der Waals surface area (Å²) < 4.78 is 28.6. The maximum absolute atomic E-state index is 12.4. The predicted molar refractivity (Wildman–Crippen MR) is 97.5 cm³/mol. The standard InChI is InChI=1S/C19H22N2O4S/c1-25-19(22)18(16-4-3-9-20-13-16)21-10-7-14-5-6-17(26(2,23)24)12-15(14)8-11-21/h3-6,9,12-13,18H,7-8,10-11H2,1-2H3. The second-order valence-electron chi connectivity index (χ2n) is 6.45. The number of carbonyl (C=O) groups is 1. The van der Waals surface area contributed by atoms with E-state index in [9.17, 15) is 13.2 Å². The summed E-state index contributed by atoms with van der Waals surface area (Å²) in [5, 5.41) is 0. The number of rotatable bonds is 4. The first-order chi connectivity index (χ1) is 12.4. The number of hydrogen-bond acceptors (Lipinski definition) is 6. The van der Waals surface area contributed by atoms with Gasteiger partial charge in [-0.1, -0.05) is 12.1 Å². The largest absolute Gasteiger partial charge is 0.468 e. The Kier molecular flexibility index (Phi) is 5.38. The van der Waals surface area contributed by atoms with E-state index in [4.69, 9.17) is 4.74 Å². The van der Waals surface area contributed by atoms with Crippen molar-refractivity contribution in [2.24, 2.45) is 0 Å². The van der Waals surface area contributed by atoms with E-state index in [0.717, 1.165) is 23.1 Å². The Labute approximate surface area is 153 Å². The van der Waals surface area contributed by atoms with Gasteiger partial charge in [-0.3, -0.25) is 9.88 Å². The lowest BCUT2D eigenvalue weighted by molar-refractivity contribution is -0.147. The van der Waals surface area contributed by atoms with Crippen LogP contribution in [0.5, 0.6) is 0 Å². The minimum atomic E-state index is -3.23. The SMILES string of the molecule is COC(=O)C(c1cccnc1)N1CCc2ccc(S(C)(=O)=O)cc2CC1. The number of fused-ring (bicyclic) bond motifs is 1. The number of pyridine rings is 1. The molecular formula is C19H22N2O4S. The van der Waals surface area contributed by atoms with Crippen molar-refractivity contribution in [3.05, 3.63) is 59.4 Å². The van der Waals surface area contributed by atoms with Gasteiger partial charge in [-0.25, -0.2) is 13.2 Å². The van der Waals surface area contributed by atoms with Gasteiger partial charge in [-0.15, -0.1) is 0 Å². The molecular weight excluding hydrogens is 352 g/mol. The average molecular weight is 374 g/mol. The first kappa shape index (κ1) is 18.5. The Morgan fingerprint density at radius 1 is 1.19 bits per heavy atom. The second-order valence-corrected chi connectivity index (χ2v) is 8.47. The third kappa shape index (κ3) is 3.94. The molecule has 0 aliphatic carbocycles. The lowest BCUT2D eigenvalue weighted by Crippen LogP contribution is -2.36. The van der Waals surface area contributed by atoms with Crippen molar-refractivity contribution in [1.82, 2.24) is 9.88 Å². The quantitative estimate of drug-likeness (QED) is 0.760. The van der Waals surface area contributed by atoms with Gasteiger partial charge >= 0.3 is 5.97 Å². The highest BCUT2D eigenvalue weighted by molar-refractivity contribution is 7.90. The van der Waals surface area contributed by atoms with Gasteiger partial charge in [0.15, 0.2) is 9.84 Å². The molecule has 6 nitrogen and oxygen atoms in total. The second kappa shape index (κ2) is 7.55. The maximum atomic E-state index is 12.4. The molecule has 138 valence electrons. The lowest BCUT2D eigenvalue weighted by atomic mass is 10.0. The predicted octanol–water partition coefficient (Wildman–Crippen LogP) is 1.80. The Morgan fingerprint density at radius 3 is 2.54 bits per heavy atom. The van der Waals surface area contributed by atoms with Crippen LogP contribution in [0.15, 0.2) is 47.6 Å². The molecule has 0 fully saturated rings. The van der Waals surface area contributed by atoms with Gasteiger partial charge in [-0.05, 0) is 47.7 Å². The average Bonchev–Trinajstić information content (AvgIpc) is 2.84. The van der Waals surface area contributed by atoms with Crippen LogP contribution < -0.4 is 0 Å². The van der Waals surface area contributed by atoms with Gasteiger partial charge in [-0.2, -0.15) is 0 Å². The zero-order valence-corrected chi connectivity index (χ0v) is 15.7. The van der Waals surface area contributed by atoms with E-state index in [1.165, 1.54) is 13.4 Å². The van der Waals surface area contributed by atoms with Crippen LogP contribution in [0.25, 0.3) is 0 Å². The molecule has 3 rings (SSSR count). The summed E-state index contributed by atoms with van der Waals surface area (Å²) in [5.74, 6) is -0.319. The third-order valence-corrected chi connectivity index (χ3v) is 5.84. The topological polar surface area (TPSA) is 76.6 Å². The fourth-order valence-electron chi connectivity index (χ4n) is 3.35. The molecule has 0 N–H and O–H groups in total. The van der Waals surface area contributed by atoms with E-state index in [-0.39, 0.29) is 5.97 Å². The van der Waals surface area contributed by atoms with Crippen LogP contribution in [0.2, 0.25) is 0 Å². The number of sulfone groups is 1. The van der Waals surface area contributed by atoms with E-state index in [1.54, 1.807) is 30.6 Å². The molecule has 2 aromatic rings. The maximum Gasteiger partial charge on any atom is 0.327 e. The van der Waals surface area contributed by atoms with Crippen LogP contribution in [0.4, 0.5) is 0 Å². The molecule has 1 aliphatic heterocycles. The smallest absolute Gasteiger partial charge is 0.327 e. The highest BCUT2D eigenvalue weighted by atomic mass is 32.2. The van der Waals surface area contributed by atoms with Gasteiger partial charge in [0.1, 0.15) is 6.04 Å². The van der Waals surface area contributed by atoms with Crippen molar-refractivity contribution < 1.29 is 17.9 Å². The lowest BCUT2D eigenvalue weighted by Gasteiger charge is -2.28. The van der Waals surface area contributed by atoms with Crippen LogP contribution in [0.1, 0.15) is 22.7 Å². The first-order valence-corrected chi connectivity index (χ1v) is 10.3. The number of aromatic nitrogens is 1. The number of methoxy groups -OCH3 is 1. The fourth-order valence-corrected chi connectivity index (χ4v) is 4.02. The first-order valence-electron chi connectivity index (χ1n) is 8.44. The van der Waals surface area contributed by atoms with E-state index in [2.05, 4.69) is 9.88 Å². The molecule has 26 heavy (non-hydrogen) atoms. The van der Waals surface area contributed by atoms with Crippen LogP contribution >= 0.6 is 0 Å². The summed E-state index contributed by atoms with van der Waals surface area (Å²) in [6, 6.07) is 8.45. The van der Waals surface area contributed by atoms with Gasteiger partial charge in [0.25, 0.3) is 0 Å². The molecule has 0 amide bonds. The van der Waals surface area contributed by atoms with Crippen molar-refractivity contribution in [2.45, 2.75) is 23.8 Å². The highest BCUT2D eigenvalue weighted by Crippen LogP contribution is 2.27. The molecule has 2 heterocycles. The molecule has 0 spiro atoms. The summed E-state index contributed by atoms with van der Waals surface area (Å²) in [5.41, 5.74) is 2.93. The molecule has 1 aliphatic rings. The van der Waals surface area contributed by atoms with E-state index >= 15 is 0 Å². The molecule has 0 saturated carbocycles. The Bertz CT molecular complexity index is 897. The molecule has 1 unspecified atom stereocenters. The summed E-state index contributed by atoms with van der Waals surface area (Å²) in [6.07, 6.45) is 5.98. The van der Waals surface area contributed by atoms with Crippen molar-refractivity contribution in [1.29, 1.82) is 0 Å². The van der Waals surface area contributed by atoms with Gasteiger partial charge in [0.05, 0.1) is 12.0 Å². The van der Waals surface area contributed by atoms with Crippen molar-refractivity contribution in [3.8, 4) is 0 Å². The Balaban J connectivity index is 1.88. The molecule has 0 bridgehead atoms. The molecule has 1 aromatic heterocycles. The summed E-state index contributed by atoms with van der Waals surface area (Å²) >= 11 is 0. The number of ether oxygens (including phenoxy) is 1. The number of nitrogens with zero attached hydrogens (tertiary/aromatic N) is 2. The minimum absolute atomic E-state index is 0.319. The molecule has 7 heteroatoms. The number of esters is 1. The van der Waals surface area contributed by atoms with Crippen LogP contribution in [-0.4, -0.2) is 50.7 Å². The number of benzene rings is 1.